The van der Waals surface area contributed by atoms with E-state index in [1.54, 1.807) is 24.3 Å². The molecule has 0 fully saturated rings. The van der Waals surface area contributed by atoms with Gasteiger partial charge in [-0.2, -0.15) is 12.6 Å². The van der Waals surface area contributed by atoms with E-state index >= 15 is 0 Å². The standard InChI is InChI=1S/C45H34N2O2S2/c1-27(2)38(26-50)43(49)30(25-48)22-34-24-42-44(51-34)37-19-18-32(47(31-12-6-5-7-13-31)33-20-28(3)46-29(4)21-33)23-41(37)45(42)39-16-10-8-14-35(39)36-15-9-11-17-40(36)45/h5-26,50H,1H2,2-4H3/b30-22-,38-26+. The van der Waals surface area contributed by atoms with Crippen molar-refractivity contribution in [1.29, 1.82) is 0 Å². The molecule has 0 amide bonds. The van der Waals surface area contributed by atoms with Crippen molar-refractivity contribution in [3.8, 4) is 21.6 Å². The zero-order valence-corrected chi connectivity index (χ0v) is 30.2. The third kappa shape index (κ3) is 5.09. The van der Waals surface area contributed by atoms with E-state index in [0.29, 0.717) is 17.4 Å². The van der Waals surface area contributed by atoms with E-state index in [4.69, 9.17) is 0 Å². The van der Waals surface area contributed by atoms with Crippen LogP contribution < -0.4 is 4.90 Å². The van der Waals surface area contributed by atoms with Crippen LogP contribution in [0, 0.1) is 13.8 Å². The van der Waals surface area contributed by atoms with Gasteiger partial charge in [-0.3, -0.25) is 14.6 Å². The van der Waals surface area contributed by atoms with Crippen LogP contribution in [0.25, 0.3) is 27.6 Å². The summed E-state index contributed by atoms with van der Waals surface area (Å²) in [6.45, 7) is 9.71. The number of rotatable bonds is 8. The monoisotopic (exact) mass is 698 g/mol. The maximum Gasteiger partial charge on any atom is 0.197 e. The fraction of sp³-hybridized carbons (Fsp3) is 0.0889. The van der Waals surface area contributed by atoms with E-state index in [1.165, 1.54) is 33.2 Å². The Morgan fingerprint density at radius 2 is 1.37 bits per heavy atom. The lowest BCUT2D eigenvalue weighted by molar-refractivity contribution is -0.114. The lowest BCUT2D eigenvalue weighted by Crippen LogP contribution is -2.26. The van der Waals surface area contributed by atoms with Gasteiger partial charge in [0.2, 0.25) is 0 Å². The number of carbonyl (C=O) groups excluding carboxylic acids is 2. The average Bonchev–Trinajstić information content (AvgIpc) is 3.76. The van der Waals surface area contributed by atoms with Crippen LogP contribution in [0.2, 0.25) is 0 Å². The van der Waals surface area contributed by atoms with Gasteiger partial charge in [-0.05, 0) is 119 Å². The molecule has 51 heavy (non-hydrogen) atoms. The Bertz CT molecular complexity index is 2420. The molecule has 248 valence electrons. The van der Waals surface area contributed by atoms with Gasteiger partial charge in [0.15, 0.2) is 12.1 Å². The SMILES string of the molecule is C=C(C)/C(=C\S)C(=O)/C(C=O)=C\c1cc2c(s1)-c1ccc(N(c3ccccc3)c3cc(C)nc(C)c3)cc1C21c2ccccc2-c2ccccc21. The normalized spacial score (nSPS) is 13.7. The molecule has 2 heterocycles. The number of hydrogen-bond donors (Lipinski definition) is 1. The minimum Gasteiger partial charge on any atom is -0.310 e. The first-order valence-corrected chi connectivity index (χ1v) is 18.1. The van der Waals surface area contributed by atoms with Gasteiger partial charge in [-0.25, -0.2) is 0 Å². The molecule has 0 atom stereocenters. The van der Waals surface area contributed by atoms with Crippen molar-refractivity contribution in [3.63, 3.8) is 0 Å². The van der Waals surface area contributed by atoms with Gasteiger partial charge in [-0.15, -0.1) is 11.3 Å². The summed E-state index contributed by atoms with van der Waals surface area (Å²) in [5, 5.41) is 1.42. The summed E-state index contributed by atoms with van der Waals surface area (Å²) in [6.07, 6.45) is 2.34. The number of Topliss-reactive ketones (excluding diaryl/α,β-unsaturated/α-hetero) is 1. The predicted octanol–water partition coefficient (Wildman–Crippen LogP) is 11.1. The number of benzene rings is 4. The summed E-state index contributed by atoms with van der Waals surface area (Å²) in [5.74, 6) is -0.389. The van der Waals surface area contributed by atoms with Crippen molar-refractivity contribution in [2.45, 2.75) is 26.2 Å². The zero-order chi connectivity index (χ0) is 35.4. The molecule has 0 bridgehead atoms. The number of nitrogens with zero attached hydrogens (tertiary/aromatic N) is 2. The van der Waals surface area contributed by atoms with E-state index in [2.05, 4.69) is 138 Å². The smallest absolute Gasteiger partial charge is 0.197 e. The summed E-state index contributed by atoms with van der Waals surface area (Å²) < 4.78 is 0. The van der Waals surface area contributed by atoms with E-state index in [-0.39, 0.29) is 11.4 Å². The van der Waals surface area contributed by atoms with Crippen LogP contribution in [0.4, 0.5) is 17.1 Å². The number of para-hydroxylation sites is 1. The van der Waals surface area contributed by atoms with Crippen molar-refractivity contribution in [1.82, 2.24) is 4.98 Å². The molecule has 0 N–H and O–H groups in total. The summed E-state index contributed by atoms with van der Waals surface area (Å²) in [5.41, 5.74) is 13.7. The third-order valence-electron chi connectivity index (χ3n) is 9.88. The molecule has 1 spiro atoms. The van der Waals surface area contributed by atoms with Gasteiger partial charge in [0.05, 0.1) is 11.0 Å². The zero-order valence-electron chi connectivity index (χ0n) is 28.5. The molecule has 2 aliphatic rings. The number of allylic oxidation sites excluding steroid dienone is 3. The highest BCUT2D eigenvalue weighted by Crippen LogP contribution is 2.65. The van der Waals surface area contributed by atoms with Crippen molar-refractivity contribution >= 4 is 59.2 Å². The van der Waals surface area contributed by atoms with Crippen molar-refractivity contribution in [2.24, 2.45) is 0 Å². The Kier molecular flexibility index (Phi) is 8.09. The molecule has 2 aliphatic carbocycles. The number of aldehydes is 1. The first-order chi connectivity index (χ1) is 24.8. The second-order valence-corrected chi connectivity index (χ2v) is 14.5. The number of aryl methyl sites for hydroxylation is 2. The average molecular weight is 699 g/mol. The highest BCUT2D eigenvalue weighted by atomic mass is 32.1. The Labute approximate surface area is 307 Å². The number of ketones is 1. The molecule has 0 saturated carbocycles. The Morgan fingerprint density at radius 3 is 1.98 bits per heavy atom. The molecule has 4 nitrogen and oxygen atoms in total. The largest absolute Gasteiger partial charge is 0.310 e. The second kappa shape index (κ2) is 12.6. The van der Waals surface area contributed by atoms with Crippen LogP contribution in [0.1, 0.15) is 45.4 Å². The molecule has 6 heteroatoms. The molecule has 0 radical (unpaired) electrons. The Morgan fingerprint density at radius 1 is 0.745 bits per heavy atom. The maximum absolute atomic E-state index is 13.4. The summed E-state index contributed by atoms with van der Waals surface area (Å²) in [6, 6.07) is 41.0. The van der Waals surface area contributed by atoms with Crippen LogP contribution in [0.15, 0.2) is 144 Å². The molecular weight excluding hydrogens is 665 g/mol. The number of thiol groups is 1. The lowest BCUT2D eigenvalue weighted by atomic mass is 9.71. The lowest BCUT2D eigenvalue weighted by Gasteiger charge is -2.32. The minimum atomic E-state index is -0.609. The fourth-order valence-corrected chi connectivity index (χ4v) is 9.44. The van der Waals surface area contributed by atoms with E-state index < -0.39 is 5.41 Å². The number of carbonyl (C=O) groups is 2. The van der Waals surface area contributed by atoms with Crippen LogP contribution in [0.5, 0.6) is 0 Å². The number of pyridine rings is 1. The van der Waals surface area contributed by atoms with Crippen LogP contribution in [0.3, 0.4) is 0 Å². The minimum absolute atomic E-state index is 0.0662. The van der Waals surface area contributed by atoms with Gasteiger partial charge in [0.1, 0.15) is 0 Å². The number of thiophene rings is 1. The van der Waals surface area contributed by atoms with Crippen molar-refractivity contribution in [2.75, 3.05) is 4.90 Å². The van der Waals surface area contributed by atoms with Gasteiger partial charge in [0.25, 0.3) is 0 Å². The van der Waals surface area contributed by atoms with Crippen LogP contribution in [-0.2, 0) is 15.0 Å². The first-order valence-electron chi connectivity index (χ1n) is 16.8. The van der Waals surface area contributed by atoms with E-state index in [1.807, 2.05) is 19.9 Å². The number of fused-ring (bicyclic) bond motifs is 10. The molecule has 8 rings (SSSR count). The van der Waals surface area contributed by atoms with E-state index in [0.717, 1.165) is 49.3 Å². The van der Waals surface area contributed by atoms with Gasteiger partial charge in [-0.1, -0.05) is 79.4 Å². The molecule has 2 aromatic heterocycles. The Hall–Kier alpha value is -5.56. The van der Waals surface area contributed by atoms with E-state index in [9.17, 15) is 9.59 Å². The van der Waals surface area contributed by atoms with Crippen molar-refractivity contribution in [3.05, 3.63) is 182 Å². The fourth-order valence-electron chi connectivity index (χ4n) is 7.89. The Balaban J connectivity index is 1.40. The van der Waals surface area contributed by atoms with Crippen LogP contribution >= 0.6 is 24.0 Å². The summed E-state index contributed by atoms with van der Waals surface area (Å²) in [4.78, 5) is 34.7. The van der Waals surface area contributed by atoms with Gasteiger partial charge in [0, 0.05) is 43.8 Å². The van der Waals surface area contributed by atoms with Gasteiger partial charge >= 0.3 is 0 Å². The molecular formula is C45H34N2O2S2. The topological polar surface area (TPSA) is 50.3 Å². The first kappa shape index (κ1) is 32.6. The number of anilines is 3. The molecule has 6 aromatic rings. The quantitative estimate of drug-likeness (QED) is 0.0429. The highest BCUT2D eigenvalue weighted by Gasteiger charge is 2.52. The second-order valence-electron chi connectivity index (χ2n) is 13.1. The maximum atomic E-state index is 13.4. The molecule has 4 aromatic carbocycles. The highest BCUT2D eigenvalue weighted by molar-refractivity contribution is 7.83. The molecule has 0 unspecified atom stereocenters. The number of aromatic nitrogens is 1. The predicted molar refractivity (Wildman–Crippen MR) is 213 cm³/mol. The summed E-state index contributed by atoms with van der Waals surface area (Å²) in [7, 11) is 0. The molecule has 0 saturated heterocycles. The third-order valence-corrected chi connectivity index (χ3v) is 11.3. The van der Waals surface area contributed by atoms with Crippen LogP contribution in [-0.4, -0.2) is 17.1 Å². The molecule has 0 aliphatic heterocycles. The van der Waals surface area contributed by atoms with Gasteiger partial charge < -0.3 is 4.90 Å². The summed E-state index contributed by atoms with van der Waals surface area (Å²) >= 11 is 5.83. The van der Waals surface area contributed by atoms with Crippen molar-refractivity contribution < 1.29 is 9.59 Å². The number of hydrogen-bond acceptors (Lipinski definition) is 6.